The number of rotatable bonds is 8. The van der Waals surface area contributed by atoms with E-state index < -0.39 is 0 Å². The Morgan fingerprint density at radius 3 is 2.67 bits per heavy atom. The standard InChI is InChI=1S/C15H23ClFN/c1-3-5-6-7-15(18-10-4-2)13-11-12(17)8-9-14(13)16/h8-9,11,15,18H,3-7,10H2,1-2H3. The molecule has 0 aliphatic heterocycles. The minimum absolute atomic E-state index is 0.166. The Hall–Kier alpha value is -0.600. The number of hydrogen-bond acceptors (Lipinski definition) is 1. The van der Waals surface area contributed by atoms with Crippen LogP contribution in [-0.4, -0.2) is 6.54 Å². The number of nitrogens with one attached hydrogen (secondary N) is 1. The van der Waals surface area contributed by atoms with E-state index in [1.807, 2.05) is 0 Å². The Kier molecular flexibility index (Phi) is 7.29. The summed E-state index contributed by atoms with van der Waals surface area (Å²) in [4.78, 5) is 0. The molecule has 1 rings (SSSR count). The van der Waals surface area contributed by atoms with Gasteiger partial charge in [0.25, 0.3) is 0 Å². The molecule has 1 nitrogen and oxygen atoms in total. The van der Waals surface area contributed by atoms with Crippen LogP contribution in [0.25, 0.3) is 0 Å². The fourth-order valence-electron chi connectivity index (χ4n) is 2.07. The van der Waals surface area contributed by atoms with E-state index in [-0.39, 0.29) is 11.9 Å². The second-order valence-electron chi connectivity index (χ2n) is 4.67. The van der Waals surface area contributed by atoms with Crippen molar-refractivity contribution >= 4 is 11.6 Å². The van der Waals surface area contributed by atoms with Gasteiger partial charge in [-0.25, -0.2) is 4.39 Å². The van der Waals surface area contributed by atoms with Gasteiger partial charge in [-0.05, 0) is 43.1 Å². The molecule has 0 amide bonds. The second kappa shape index (κ2) is 8.49. The van der Waals surface area contributed by atoms with Gasteiger partial charge in [-0.1, -0.05) is 44.7 Å². The summed E-state index contributed by atoms with van der Waals surface area (Å²) in [5.74, 6) is -0.215. The van der Waals surface area contributed by atoms with Gasteiger partial charge in [-0.3, -0.25) is 0 Å². The predicted octanol–water partition coefficient (Wildman–Crippen LogP) is 5.10. The third-order valence-corrected chi connectivity index (χ3v) is 3.41. The monoisotopic (exact) mass is 271 g/mol. The second-order valence-corrected chi connectivity index (χ2v) is 5.08. The Morgan fingerprint density at radius 1 is 1.22 bits per heavy atom. The lowest BCUT2D eigenvalue weighted by Crippen LogP contribution is -2.22. The van der Waals surface area contributed by atoms with E-state index in [0.717, 1.165) is 31.4 Å². The van der Waals surface area contributed by atoms with Crippen LogP contribution < -0.4 is 5.32 Å². The maximum atomic E-state index is 13.3. The minimum Gasteiger partial charge on any atom is -0.310 e. The smallest absolute Gasteiger partial charge is 0.123 e. The Bertz CT molecular complexity index is 354. The van der Waals surface area contributed by atoms with Gasteiger partial charge in [0.2, 0.25) is 0 Å². The highest BCUT2D eigenvalue weighted by Crippen LogP contribution is 2.27. The normalized spacial score (nSPS) is 12.7. The predicted molar refractivity (Wildman–Crippen MR) is 76.6 cm³/mol. The fraction of sp³-hybridized carbons (Fsp3) is 0.600. The van der Waals surface area contributed by atoms with Crippen molar-refractivity contribution in [3.05, 3.63) is 34.6 Å². The zero-order valence-electron chi connectivity index (χ0n) is 11.3. The molecule has 1 N–H and O–H groups in total. The lowest BCUT2D eigenvalue weighted by atomic mass is 10.00. The summed E-state index contributed by atoms with van der Waals surface area (Å²) in [6.45, 7) is 5.25. The molecule has 18 heavy (non-hydrogen) atoms. The van der Waals surface area contributed by atoms with Crippen LogP contribution in [0.2, 0.25) is 5.02 Å². The van der Waals surface area contributed by atoms with Crippen LogP contribution >= 0.6 is 11.6 Å². The van der Waals surface area contributed by atoms with Crippen molar-refractivity contribution in [1.29, 1.82) is 0 Å². The highest BCUT2D eigenvalue weighted by atomic mass is 35.5. The molecule has 0 saturated heterocycles. The van der Waals surface area contributed by atoms with Gasteiger partial charge in [0.05, 0.1) is 0 Å². The Balaban J connectivity index is 2.75. The first-order valence-electron chi connectivity index (χ1n) is 6.87. The summed E-state index contributed by atoms with van der Waals surface area (Å²) in [5.41, 5.74) is 0.890. The Morgan fingerprint density at radius 2 is 2.00 bits per heavy atom. The van der Waals surface area contributed by atoms with Crippen LogP contribution in [-0.2, 0) is 0 Å². The number of benzene rings is 1. The maximum Gasteiger partial charge on any atom is 0.123 e. The van der Waals surface area contributed by atoms with Gasteiger partial charge < -0.3 is 5.32 Å². The van der Waals surface area contributed by atoms with E-state index in [1.54, 1.807) is 12.1 Å². The molecule has 3 heteroatoms. The van der Waals surface area contributed by atoms with Crippen molar-refractivity contribution < 1.29 is 4.39 Å². The van der Waals surface area contributed by atoms with Crippen LogP contribution in [0.4, 0.5) is 4.39 Å². The van der Waals surface area contributed by atoms with Crippen LogP contribution in [0.1, 0.15) is 57.6 Å². The number of unbranched alkanes of at least 4 members (excludes halogenated alkanes) is 2. The van der Waals surface area contributed by atoms with Crippen LogP contribution in [0, 0.1) is 5.82 Å². The summed E-state index contributed by atoms with van der Waals surface area (Å²) in [6, 6.07) is 4.78. The minimum atomic E-state index is -0.215. The largest absolute Gasteiger partial charge is 0.310 e. The van der Waals surface area contributed by atoms with Crippen molar-refractivity contribution in [2.24, 2.45) is 0 Å². The third kappa shape index (κ3) is 4.95. The molecule has 1 aromatic carbocycles. The molecule has 0 radical (unpaired) electrons. The van der Waals surface area contributed by atoms with Gasteiger partial charge >= 0.3 is 0 Å². The summed E-state index contributed by atoms with van der Waals surface area (Å²) in [7, 11) is 0. The summed E-state index contributed by atoms with van der Waals surface area (Å²) in [5, 5.41) is 4.12. The Labute approximate surface area is 115 Å². The molecule has 0 saturated carbocycles. The van der Waals surface area contributed by atoms with Crippen molar-refractivity contribution in [3.8, 4) is 0 Å². The van der Waals surface area contributed by atoms with Crippen LogP contribution in [0.5, 0.6) is 0 Å². The van der Waals surface area contributed by atoms with Crippen LogP contribution in [0.3, 0.4) is 0 Å². The average molecular weight is 272 g/mol. The van der Waals surface area contributed by atoms with Gasteiger partial charge in [0.15, 0.2) is 0 Å². The van der Waals surface area contributed by atoms with Gasteiger partial charge in [-0.15, -0.1) is 0 Å². The molecule has 1 unspecified atom stereocenters. The lowest BCUT2D eigenvalue weighted by Gasteiger charge is -2.20. The fourth-order valence-corrected chi connectivity index (χ4v) is 2.32. The van der Waals surface area contributed by atoms with E-state index in [9.17, 15) is 4.39 Å². The molecular formula is C15H23ClFN. The topological polar surface area (TPSA) is 12.0 Å². The molecule has 1 aromatic rings. The highest BCUT2D eigenvalue weighted by molar-refractivity contribution is 6.31. The molecule has 0 aliphatic carbocycles. The van der Waals surface area contributed by atoms with Crippen molar-refractivity contribution in [1.82, 2.24) is 5.32 Å². The SMILES string of the molecule is CCCCCC(NCCC)c1cc(F)ccc1Cl. The quantitative estimate of drug-likeness (QED) is 0.649. The summed E-state index contributed by atoms with van der Waals surface area (Å²) >= 11 is 6.18. The average Bonchev–Trinajstić information content (AvgIpc) is 2.37. The summed E-state index contributed by atoms with van der Waals surface area (Å²) < 4.78 is 13.3. The maximum absolute atomic E-state index is 13.3. The molecule has 0 heterocycles. The molecule has 0 aliphatic rings. The molecule has 1 atom stereocenters. The first-order chi connectivity index (χ1) is 8.69. The van der Waals surface area contributed by atoms with Crippen molar-refractivity contribution in [2.75, 3.05) is 6.54 Å². The van der Waals surface area contributed by atoms with Gasteiger partial charge in [0.1, 0.15) is 5.82 Å². The van der Waals surface area contributed by atoms with E-state index >= 15 is 0 Å². The molecule has 0 bridgehead atoms. The van der Waals surface area contributed by atoms with E-state index in [0.29, 0.717) is 5.02 Å². The van der Waals surface area contributed by atoms with E-state index in [4.69, 9.17) is 11.6 Å². The molecule has 102 valence electrons. The number of halogens is 2. The van der Waals surface area contributed by atoms with E-state index in [2.05, 4.69) is 19.2 Å². The molecule has 0 aromatic heterocycles. The molecule has 0 fully saturated rings. The highest BCUT2D eigenvalue weighted by Gasteiger charge is 2.14. The lowest BCUT2D eigenvalue weighted by molar-refractivity contribution is 0.472. The first kappa shape index (κ1) is 15.5. The zero-order valence-corrected chi connectivity index (χ0v) is 12.1. The first-order valence-corrected chi connectivity index (χ1v) is 7.25. The third-order valence-electron chi connectivity index (χ3n) is 3.07. The van der Waals surface area contributed by atoms with Gasteiger partial charge in [0, 0.05) is 11.1 Å². The van der Waals surface area contributed by atoms with Crippen molar-refractivity contribution in [2.45, 2.75) is 52.0 Å². The van der Waals surface area contributed by atoms with Gasteiger partial charge in [-0.2, -0.15) is 0 Å². The number of hydrogen-bond donors (Lipinski definition) is 1. The molecular weight excluding hydrogens is 249 g/mol. The zero-order chi connectivity index (χ0) is 13.4. The van der Waals surface area contributed by atoms with Crippen LogP contribution in [0.15, 0.2) is 18.2 Å². The summed E-state index contributed by atoms with van der Waals surface area (Å²) in [6.07, 6.45) is 5.62. The van der Waals surface area contributed by atoms with E-state index in [1.165, 1.54) is 18.9 Å². The van der Waals surface area contributed by atoms with Crippen molar-refractivity contribution in [3.63, 3.8) is 0 Å². The molecule has 0 spiro atoms.